The minimum absolute atomic E-state index is 0.102. The Morgan fingerprint density at radius 1 is 1.39 bits per heavy atom. The second-order valence-corrected chi connectivity index (χ2v) is 5.30. The summed E-state index contributed by atoms with van der Waals surface area (Å²) in [7, 11) is 1.75. The lowest BCUT2D eigenvalue weighted by Crippen LogP contribution is -2.27. The quantitative estimate of drug-likeness (QED) is 0.740. The van der Waals surface area contributed by atoms with E-state index in [1.807, 2.05) is 6.07 Å². The molecule has 0 heterocycles. The van der Waals surface area contributed by atoms with Gasteiger partial charge in [0.2, 0.25) is 5.91 Å². The third kappa shape index (κ3) is 5.24. The Balaban J connectivity index is 2.27. The number of nitrogens with zero attached hydrogens (tertiary/aromatic N) is 2. The molecule has 0 aliphatic rings. The van der Waals surface area contributed by atoms with Crippen molar-refractivity contribution >= 4 is 17.7 Å². The first-order chi connectivity index (χ1) is 8.63. The molecule has 0 atom stereocenters. The first-order valence-electron chi connectivity index (χ1n) is 5.94. The van der Waals surface area contributed by atoms with E-state index in [1.54, 1.807) is 23.7 Å². The zero-order chi connectivity index (χ0) is 13.4. The molecule has 0 radical (unpaired) electrons. The lowest BCUT2D eigenvalue weighted by atomic mass is 10.2. The summed E-state index contributed by atoms with van der Waals surface area (Å²) in [6.07, 6.45) is 0.911. The molecule has 0 aliphatic heterocycles. The molecule has 0 saturated heterocycles. The van der Waals surface area contributed by atoms with Gasteiger partial charge in [-0.05, 0) is 19.1 Å². The number of carbonyl (C=O) groups is 1. The number of benzene rings is 1. The third-order valence-corrected chi connectivity index (χ3v) is 3.60. The van der Waals surface area contributed by atoms with E-state index in [2.05, 4.69) is 31.2 Å². The molecule has 0 unspecified atom stereocenters. The Bertz CT molecular complexity index is 422. The fourth-order valence-electron chi connectivity index (χ4n) is 1.42. The maximum atomic E-state index is 11.7. The summed E-state index contributed by atoms with van der Waals surface area (Å²) in [6, 6.07) is 10.3. The van der Waals surface area contributed by atoms with Crippen molar-refractivity contribution in [3.63, 3.8) is 0 Å². The zero-order valence-corrected chi connectivity index (χ0v) is 11.7. The zero-order valence-electron chi connectivity index (χ0n) is 10.8. The van der Waals surface area contributed by atoms with E-state index in [1.165, 1.54) is 10.5 Å². The van der Waals surface area contributed by atoms with Gasteiger partial charge in [-0.15, -0.1) is 11.8 Å². The summed E-state index contributed by atoms with van der Waals surface area (Å²) in [5.41, 5.74) is 1.24. The van der Waals surface area contributed by atoms with Crippen molar-refractivity contribution in [3.8, 4) is 6.07 Å². The molecule has 0 fully saturated rings. The third-order valence-electron chi connectivity index (χ3n) is 2.59. The van der Waals surface area contributed by atoms with E-state index in [9.17, 15) is 4.79 Å². The molecular weight excluding hydrogens is 244 g/mol. The Labute approximate surface area is 113 Å². The summed E-state index contributed by atoms with van der Waals surface area (Å²) in [5.74, 6) is 0.878. The Hall–Kier alpha value is -1.47. The topological polar surface area (TPSA) is 44.1 Å². The molecule has 0 aliphatic carbocycles. The normalized spacial score (nSPS) is 9.83. The fraction of sp³-hybridized carbons (Fsp3) is 0.429. The van der Waals surface area contributed by atoms with Crippen LogP contribution in [0.25, 0.3) is 0 Å². The van der Waals surface area contributed by atoms with Gasteiger partial charge in [0.25, 0.3) is 0 Å². The molecule has 1 aromatic carbocycles. The molecule has 96 valence electrons. The Morgan fingerprint density at radius 3 is 2.67 bits per heavy atom. The lowest BCUT2D eigenvalue weighted by Gasteiger charge is -2.14. The van der Waals surface area contributed by atoms with Crippen LogP contribution in [0.2, 0.25) is 0 Å². The van der Waals surface area contributed by atoms with Crippen LogP contribution in [0.4, 0.5) is 0 Å². The van der Waals surface area contributed by atoms with Crippen molar-refractivity contribution in [2.45, 2.75) is 24.7 Å². The fourth-order valence-corrected chi connectivity index (χ4v) is 2.26. The van der Waals surface area contributed by atoms with Crippen molar-refractivity contribution in [2.75, 3.05) is 19.3 Å². The number of thioether (sulfide) groups is 1. The number of nitriles is 1. The van der Waals surface area contributed by atoms with Crippen LogP contribution in [0.1, 0.15) is 18.4 Å². The molecule has 0 bridgehead atoms. The summed E-state index contributed by atoms with van der Waals surface area (Å²) in [6.45, 7) is 2.58. The van der Waals surface area contributed by atoms with Gasteiger partial charge in [-0.2, -0.15) is 5.26 Å². The van der Waals surface area contributed by atoms with Gasteiger partial charge in [0.1, 0.15) is 0 Å². The van der Waals surface area contributed by atoms with Crippen molar-refractivity contribution < 1.29 is 4.79 Å². The van der Waals surface area contributed by atoms with Crippen LogP contribution >= 0.6 is 11.8 Å². The standard InChI is InChI=1S/C14H18N2OS/c1-12-4-6-13(7-5-12)18-11-8-14(17)16(2)10-3-9-15/h4-7H,3,8,10-11H2,1-2H3. The van der Waals surface area contributed by atoms with Gasteiger partial charge in [0.15, 0.2) is 0 Å². The minimum atomic E-state index is 0.102. The molecule has 18 heavy (non-hydrogen) atoms. The van der Waals surface area contributed by atoms with Gasteiger partial charge < -0.3 is 4.90 Å². The molecule has 1 amide bonds. The van der Waals surface area contributed by atoms with Crippen LogP contribution < -0.4 is 0 Å². The highest BCUT2D eigenvalue weighted by atomic mass is 32.2. The van der Waals surface area contributed by atoms with Crippen molar-refractivity contribution in [2.24, 2.45) is 0 Å². The second kappa shape index (κ2) is 7.78. The van der Waals surface area contributed by atoms with Crippen molar-refractivity contribution in [1.29, 1.82) is 5.26 Å². The smallest absolute Gasteiger partial charge is 0.223 e. The van der Waals surface area contributed by atoms with E-state index in [4.69, 9.17) is 5.26 Å². The highest BCUT2D eigenvalue weighted by molar-refractivity contribution is 7.99. The SMILES string of the molecule is Cc1ccc(SCCC(=O)N(C)CCC#N)cc1. The van der Waals surface area contributed by atoms with E-state index >= 15 is 0 Å². The molecule has 3 nitrogen and oxygen atoms in total. The van der Waals surface area contributed by atoms with Gasteiger partial charge in [-0.1, -0.05) is 17.7 Å². The van der Waals surface area contributed by atoms with Crippen LogP contribution in [0.3, 0.4) is 0 Å². The van der Waals surface area contributed by atoms with Gasteiger partial charge >= 0.3 is 0 Å². The lowest BCUT2D eigenvalue weighted by molar-refractivity contribution is -0.129. The maximum Gasteiger partial charge on any atom is 0.223 e. The number of carbonyl (C=O) groups excluding carboxylic acids is 1. The number of aryl methyl sites for hydroxylation is 1. The van der Waals surface area contributed by atoms with Crippen LogP contribution in [-0.4, -0.2) is 30.2 Å². The van der Waals surface area contributed by atoms with E-state index in [0.717, 1.165) is 5.75 Å². The molecular formula is C14H18N2OS. The monoisotopic (exact) mass is 262 g/mol. The van der Waals surface area contributed by atoms with Crippen LogP contribution in [0, 0.1) is 18.3 Å². The summed E-state index contributed by atoms with van der Waals surface area (Å²) in [5, 5.41) is 8.45. The predicted octanol–water partition coefficient (Wildman–Crippen LogP) is 2.85. The van der Waals surface area contributed by atoms with Gasteiger partial charge in [-0.25, -0.2) is 0 Å². The molecule has 0 saturated carbocycles. The van der Waals surface area contributed by atoms with Gasteiger partial charge in [-0.3, -0.25) is 4.79 Å². The number of hydrogen-bond donors (Lipinski definition) is 0. The van der Waals surface area contributed by atoms with Crippen LogP contribution in [-0.2, 0) is 4.79 Å². The van der Waals surface area contributed by atoms with Gasteiger partial charge in [0, 0.05) is 30.7 Å². The molecule has 4 heteroatoms. The first-order valence-corrected chi connectivity index (χ1v) is 6.92. The summed E-state index contributed by atoms with van der Waals surface area (Å²) >= 11 is 1.69. The maximum absolute atomic E-state index is 11.7. The summed E-state index contributed by atoms with van der Waals surface area (Å²) in [4.78, 5) is 14.5. The molecule has 0 aromatic heterocycles. The van der Waals surface area contributed by atoms with E-state index in [0.29, 0.717) is 19.4 Å². The van der Waals surface area contributed by atoms with Gasteiger partial charge in [0.05, 0.1) is 12.5 Å². The Morgan fingerprint density at radius 2 is 2.06 bits per heavy atom. The predicted molar refractivity (Wildman–Crippen MR) is 74.4 cm³/mol. The highest BCUT2D eigenvalue weighted by Gasteiger charge is 2.07. The van der Waals surface area contributed by atoms with E-state index < -0.39 is 0 Å². The largest absolute Gasteiger partial charge is 0.345 e. The van der Waals surface area contributed by atoms with Crippen LogP contribution in [0.15, 0.2) is 29.2 Å². The highest BCUT2D eigenvalue weighted by Crippen LogP contribution is 2.19. The number of rotatable bonds is 6. The van der Waals surface area contributed by atoms with Crippen LogP contribution in [0.5, 0.6) is 0 Å². The average molecular weight is 262 g/mol. The van der Waals surface area contributed by atoms with Crippen molar-refractivity contribution in [1.82, 2.24) is 4.90 Å². The molecule has 1 rings (SSSR count). The van der Waals surface area contributed by atoms with Crippen molar-refractivity contribution in [3.05, 3.63) is 29.8 Å². The summed E-state index contributed by atoms with van der Waals surface area (Å²) < 4.78 is 0. The molecule has 1 aromatic rings. The molecule has 0 spiro atoms. The van der Waals surface area contributed by atoms with E-state index in [-0.39, 0.29) is 5.91 Å². The Kier molecular flexibility index (Phi) is 6.31. The second-order valence-electron chi connectivity index (χ2n) is 4.13. The number of hydrogen-bond acceptors (Lipinski definition) is 3. The first kappa shape index (κ1) is 14.6. The molecule has 0 N–H and O–H groups in total. The number of amides is 1. The average Bonchev–Trinajstić information content (AvgIpc) is 2.38. The minimum Gasteiger partial charge on any atom is -0.345 e.